The molecule has 0 spiro atoms. The molecule has 2 atom stereocenters. The number of piperidine rings is 1. The molecule has 36 heavy (non-hydrogen) atoms. The zero-order valence-electron chi connectivity index (χ0n) is 20.3. The topological polar surface area (TPSA) is 105 Å². The quantitative estimate of drug-likeness (QED) is 0.428. The number of hydrogen-bond donors (Lipinski definition) is 0. The van der Waals surface area contributed by atoms with Gasteiger partial charge < -0.3 is 28.3 Å². The van der Waals surface area contributed by atoms with Crippen LogP contribution in [-0.4, -0.2) is 39.2 Å². The Morgan fingerprint density at radius 2 is 1.75 bits per heavy atom. The number of rotatable bonds is 8. The SMILES string of the molecule is COC(=O)c1occc1COC(=O)[C@@H]1CCC(=O)N(c2ccc(OC)cc2)[C@H]1c1ccccc1OC. The molecule has 0 saturated carbocycles. The third-order valence-corrected chi connectivity index (χ3v) is 6.20. The van der Waals surface area contributed by atoms with Gasteiger partial charge in [0.25, 0.3) is 0 Å². The van der Waals surface area contributed by atoms with Crippen LogP contribution < -0.4 is 14.4 Å². The number of nitrogens with zero attached hydrogens (tertiary/aromatic N) is 1. The molecule has 1 aromatic heterocycles. The van der Waals surface area contributed by atoms with Crippen molar-refractivity contribution in [1.82, 2.24) is 0 Å². The second-order valence-corrected chi connectivity index (χ2v) is 8.17. The number of benzene rings is 2. The molecular formula is C27H27NO8. The maximum atomic E-state index is 13.4. The van der Waals surface area contributed by atoms with E-state index in [4.69, 9.17) is 23.4 Å². The van der Waals surface area contributed by atoms with E-state index in [1.165, 1.54) is 13.4 Å². The molecule has 9 heteroatoms. The van der Waals surface area contributed by atoms with Gasteiger partial charge in [-0.15, -0.1) is 0 Å². The molecule has 0 aliphatic carbocycles. The highest BCUT2D eigenvalue weighted by molar-refractivity contribution is 5.97. The average Bonchev–Trinajstić information content (AvgIpc) is 3.40. The minimum absolute atomic E-state index is 0.0229. The van der Waals surface area contributed by atoms with E-state index < -0.39 is 23.9 Å². The van der Waals surface area contributed by atoms with Crippen molar-refractivity contribution in [2.45, 2.75) is 25.5 Å². The number of carbonyl (C=O) groups excluding carboxylic acids is 3. The largest absolute Gasteiger partial charge is 0.497 e. The fourth-order valence-corrected chi connectivity index (χ4v) is 4.43. The number of carbonyl (C=O) groups is 3. The fourth-order valence-electron chi connectivity index (χ4n) is 4.43. The van der Waals surface area contributed by atoms with E-state index in [1.54, 1.807) is 55.5 Å². The summed E-state index contributed by atoms with van der Waals surface area (Å²) >= 11 is 0. The highest BCUT2D eigenvalue weighted by Crippen LogP contribution is 2.43. The predicted molar refractivity (Wildman–Crippen MR) is 129 cm³/mol. The van der Waals surface area contributed by atoms with Crippen LogP contribution in [0.4, 0.5) is 5.69 Å². The van der Waals surface area contributed by atoms with Crippen molar-refractivity contribution in [1.29, 1.82) is 0 Å². The summed E-state index contributed by atoms with van der Waals surface area (Å²) in [6.45, 7) is -0.175. The summed E-state index contributed by atoms with van der Waals surface area (Å²) in [5.74, 6) is -0.797. The first-order valence-corrected chi connectivity index (χ1v) is 11.4. The molecule has 1 fully saturated rings. The molecule has 2 aromatic carbocycles. The number of para-hydroxylation sites is 1. The standard InChI is InChI=1S/C27H27NO8/c1-32-19-10-8-18(9-11-19)28-23(29)13-12-21(24(28)20-6-4-5-7-22(20)33-2)26(30)36-16-17-14-15-35-25(17)27(31)34-3/h4-11,14-15,21,24H,12-13,16H2,1-3H3/t21-,24+/m1/s1. The molecular weight excluding hydrogens is 466 g/mol. The molecule has 1 amide bonds. The Bertz CT molecular complexity index is 1230. The summed E-state index contributed by atoms with van der Waals surface area (Å²) < 4.78 is 26.4. The van der Waals surface area contributed by atoms with Gasteiger partial charge in [-0.05, 0) is 42.8 Å². The Morgan fingerprint density at radius 3 is 2.44 bits per heavy atom. The summed E-state index contributed by atoms with van der Waals surface area (Å²) in [5, 5.41) is 0. The third-order valence-electron chi connectivity index (χ3n) is 6.20. The number of ether oxygens (including phenoxy) is 4. The lowest BCUT2D eigenvalue weighted by molar-refractivity contribution is -0.152. The van der Waals surface area contributed by atoms with Gasteiger partial charge in [0.05, 0.1) is 39.6 Å². The number of anilines is 1. The van der Waals surface area contributed by atoms with Gasteiger partial charge in [-0.1, -0.05) is 18.2 Å². The first kappa shape index (κ1) is 24.8. The van der Waals surface area contributed by atoms with Gasteiger partial charge in [0, 0.05) is 23.2 Å². The molecule has 0 N–H and O–H groups in total. The summed E-state index contributed by atoms with van der Waals surface area (Å²) in [5.41, 5.74) is 1.70. The number of furan rings is 1. The lowest BCUT2D eigenvalue weighted by Crippen LogP contribution is -2.46. The van der Waals surface area contributed by atoms with Crippen LogP contribution in [0.1, 0.15) is 40.6 Å². The van der Waals surface area contributed by atoms with Crippen LogP contribution in [0.25, 0.3) is 0 Å². The first-order valence-electron chi connectivity index (χ1n) is 11.4. The smallest absolute Gasteiger partial charge is 0.374 e. The molecule has 1 aliphatic rings. The zero-order valence-corrected chi connectivity index (χ0v) is 20.3. The highest BCUT2D eigenvalue weighted by Gasteiger charge is 2.43. The summed E-state index contributed by atoms with van der Waals surface area (Å²) in [6.07, 6.45) is 1.79. The van der Waals surface area contributed by atoms with Crippen LogP contribution in [0.3, 0.4) is 0 Å². The van der Waals surface area contributed by atoms with E-state index >= 15 is 0 Å². The van der Waals surface area contributed by atoms with E-state index in [0.717, 1.165) is 0 Å². The van der Waals surface area contributed by atoms with Gasteiger partial charge in [0.1, 0.15) is 18.1 Å². The van der Waals surface area contributed by atoms with Crippen LogP contribution in [-0.2, 0) is 25.7 Å². The highest BCUT2D eigenvalue weighted by atomic mass is 16.5. The van der Waals surface area contributed by atoms with Crippen LogP contribution in [0.15, 0.2) is 65.3 Å². The van der Waals surface area contributed by atoms with Gasteiger partial charge >= 0.3 is 11.9 Å². The monoisotopic (exact) mass is 493 g/mol. The van der Waals surface area contributed by atoms with E-state index in [2.05, 4.69) is 0 Å². The number of amides is 1. The van der Waals surface area contributed by atoms with Crippen LogP contribution in [0.5, 0.6) is 11.5 Å². The molecule has 188 valence electrons. The minimum Gasteiger partial charge on any atom is -0.497 e. The van der Waals surface area contributed by atoms with E-state index in [-0.39, 0.29) is 24.7 Å². The minimum atomic E-state index is -0.686. The molecule has 1 aliphatic heterocycles. The zero-order chi connectivity index (χ0) is 25.7. The Labute approximate surface area is 208 Å². The maximum Gasteiger partial charge on any atom is 0.374 e. The van der Waals surface area contributed by atoms with E-state index in [0.29, 0.717) is 34.7 Å². The number of methoxy groups -OCH3 is 3. The van der Waals surface area contributed by atoms with Gasteiger partial charge in [-0.2, -0.15) is 0 Å². The van der Waals surface area contributed by atoms with Gasteiger partial charge in [-0.3, -0.25) is 9.59 Å². The molecule has 2 heterocycles. The Kier molecular flexibility index (Phi) is 7.58. The fraction of sp³-hybridized carbons (Fsp3) is 0.296. The van der Waals surface area contributed by atoms with Crippen molar-refractivity contribution >= 4 is 23.5 Å². The van der Waals surface area contributed by atoms with Crippen molar-refractivity contribution in [3.8, 4) is 11.5 Å². The second-order valence-electron chi connectivity index (χ2n) is 8.17. The van der Waals surface area contributed by atoms with E-state index in [9.17, 15) is 14.4 Å². The lowest BCUT2D eigenvalue weighted by atomic mass is 9.83. The van der Waals surface area contributed by atoms with Crippen molar-refractivity contribution in [3.05, 3.63) is 77.7 Å². The predicted octanol–water partition coefficient (Wildman–Crippen LogP) is 4.31. The van der Waals surface area contributed by atoms with Crippen LogP contribution in [0, 0.1) is 5.92 Å². The Balaban J connectivity index is 1.68. The first-order chi connectivity index (χ1) is 17.5. The third kappa shape index (κ3) is 4.91. The summed E-state index contributed by atoms with van der Waals surface area (Å²) in [6, 6.07) is 15.2. The van der Waals surface area contributed by atoms with Crippen molar-refractivity contribution in [2.75, 3.05) is 26.2 Å². The molecule has 0 radical (unpaired) electrons. The summed E-state index contributed by atoms with van der Waals surface area (Å²) in [4.78, 5) is 40.2. The average molecular weight is 494 g/mol. The molecule has 4 rings (SSSR count). The Morgan fingerprint density at radius 1 is 1.00 bits per heavy atom. The van der Waals surface area contributed by atoms with Crippen molar-refractivity contribution < 1.29 is 37.7 Å². The Hall–Kier alpha value is -4.27. The van der Waals surface area contributed by atoms with E-state index in [1.807, 2.05) is 18.2 Å². The molecule has 3 aromatic rings. The molecule has 0 bridgehead atoms. The van der Waals surface area contributed by atoms with Crippen molar-refractivity contribution in [2.24, 2.45) is 5.92 Å². The molecule has 0 unspecified atom stereocenters. The molecule has 1 saturated heterocycles. The van der Waals surface area contributed by atoms with Gasteiger partial charge in [0.2, 0.25) is 11.7 Å². The summed E-state index contributed by atoms with van der Waals surface area (Å²) in [7, 11) is 4.35. The van der Waals surface area contributed by atoms with Crippen LogP contribution in [0.2, 0.25) is 0 Å². The number of hydrogen-bond acceptors (Lipinski definition) is 8. The molecule has 9 nitrogen and oxygen atoms in total. The van der Waals surface area contributed by atoms with Gasteiger partial charge in [0.15, 0.2) is 0 Å². The lowest BCUT2D eigenvalue weighted by Gasteiger charge is -2.40. The maximum absolute atomic E-state index is 13.4. The second kappa shape index (κ2) is 11.0. The van der Waals surface area contributed by atoms with Gasteiger partial charge in [-0.25, -0.2) is 4.79 Å². The number of esters is 2. The van der Waals surface area contributed by atoms with Crippen molar-refractivity contribution in [3.63, 3.8) is 0 Å². The van der Waals surface area contributed by atoms with Crippen LogP contribution >= 0.6 is 0 Å². The normalized spacial score (nSPS) is 17.4.